The first-order valence-corrected chi connectivity index (χ1v) is 8.52. The molecule has 0 aromatic carbocycles. The molecule has 0 radical (unpaired) electrons. The molecule has 1 aromatic heterocycles. The lowest BCUT2D eigenvalue weighted by Gasteiger charge is -2.29. The van der Waals surface area contributed by atoms with Crippen LogP contribution in [-0.4, -0.2) is 52.9 Å². The van der Waals surface area contributed by atoms with E-state index in [1.54, 1.807) is 26.1 Å². The molecule has 2 rings (SSSR count). The number of hydrogen-bond acceptors (Lipinski definition) is 6. The highest BCUT2D eigenvalue weighted by atomic mass is 32.2. The van der Waals surface area contributed by atoms with Crippen LogP contribution in [0.1, 0.15) is 13.8 Å². The third-order valence-electron chi connectivity index (χ3n) is 3.08. The second kappa shape index (κ2) is 7.06. The van der Waals surface area contributed by atoms with E-state index in [1.165, 1.54) is 0 Å². The molecule has 0 bridgehead atoms. The quantitative estimate of drug-likeness (QED) is 0.829. The zero-order valence-electron chi connectivity index (χ0n) is 12.3. The Balaban J connectivity index is 2.38. The second-order valence-corrected chi connectivity index (χ2v) is 6.27. The summed E-state index contributed by atoms with van der Waals surface area (Å²) < 4.78 is 37.7. The lowest BCUT2D eigenvalue weighted by Crippen LogP contribution is -2.36. The van der Waals surface area contributed by atoms with E-state index in [2.05, 4.69) is 14.6 Å². The first-order valence-electron chi connectivity index (χ1n) is 7.03. The van der Waals surface area contributed by atoms with Gasteiger partial charge in [-0.3, -0.25) is 0 Å². The zero-order chi connectivity index (χ0) is 15.3. The molecule has 1 aliphatic rings. The summed E-state index contributed by atoms with van der Waals surface area (Å²) >= 11 is 0. The number of nitrogens with one attached hydrogen (secondary N) is 1. The Kier molecular flexibility index (Phi) is 5.38. The van der Waals surface area contributed by atoms with Crippen LogP contribution in [0, 0.1) is 0 Å². The summed E-state index contributed by atoms with van der Waals surface area (Å²) in [6, 6.07) is 1.61. The average Bonchev–Trinajstić information content (AvgIpc) is 2.48. The maximum absolute atomic E-state index is 12.3. The summed E-state index contributed by atoms with van der Waals surface area (Å²) in [5.74, 6) is 0.135. The lowest BCUT2D eigenvalue weighted by atomic mass is 10.3. The van der Waals surface area contributed by atoms with E-state index >= 15 is 0 Å². The van der Waals surface area contributed by atoms with E-state index in [-0.39, 0.29) is 10.8 Å². The van der Waals surface area contributed by atoms with Gasteiger partial charge in [-0.15, -0.1) is 0 Å². The minimum Gasteiger partial charge on any atom is -0.477 e. The maximum atomic E-state index is 12.3. The number of nitrogens with zero attached hydrogens (tertiary/aromatic N) is 2. The number of aromatic nitrogens is 1. The number of morpholine rings is 1. The Labute approximate surface area is 125 Å². The molecule has 0 amide bonds. The molecule has 2 heterocycles. The summed E-state index contributed by atoms with van der Waals surface area (Å²) in [7, 11) is -3.62. The summed E-state index contributed by atoms with van der Waals surface area (Å²) in [4.78, 5) is 6.30. The monoisotopic (exact) mass is 315 g/mol. The Hall–Kier alpha value is -1.38. The molecular weight excluding hydrogens is 294 g/mol. The van der Waals surface area contributed by atoms with Gasteiger partial charge in [0.15, 0.2) is 0 Å². The third-order valence-corrected chi connectivity index (χ3v) is 4.63. The van der Waals surface area contributed by atoms with Crippen LogP contribution in [0.5, 0.6) is 5.88 Å². The molecular formula is C13H21N3O4S. The van der Waals surface area contributed by atoms with E-state index < -0.39 is 10.0 Å². The molecule has 1 aromatic rings. The minimum absolute atomic E-state index is 0.0789. The van der Waals surface area contributed by atoms with Gasteiger partial charge in [0, 0.05) is 19.6 Å². The van der Waals surface area contributed by atoms with Crippen molar-refractivity contribution in [3.05, 3.63) is 12.3 Å². The summed E-state index contributed by atoms with van der Waals surface area (Å²) in [6.45, 7) is 6.89. The summed E-state index contributed by atoms with van der Waals surface area (Å²) in [5.41, 5.74) is 0.762. The largest absolute Gasteiger partial charge is 0.477 e. The maximum Gasteiger partial charge on any atom is 0.246 e. The fourth-order valence-electron chi connectivity index (χ4n) is 2.12. The van der Waals surface area contributed by atoms with Crippen molar-refractivity contribution in [2.24, 2.45) is 0 Å². The number of rotatable bonds is 6. The van der Waals surface area contributed by atoms with Gasteiger partial charge in [0.2, 0.25) is 15.9 Å². The highest BCUT2D eigenvalue weighted by Gasteiger charge is 2.23. The van der Waals surface area contributed by atoms with E-state index in [0.717, 1.165) is 18.8 Å². The van der Waals surface area contributed by atoms with Crippen molar-refractivity contribution < 1.29 is 17.9 Å². The van der Waals surface area contributed by atoms with Crippen LogP contribution in [0.15, 0.2) is 17.2 Å². The van der Waals surface area contributed by atoms with Gasteiger partial charge < -0.3 is 14.4 Å². The highest BCUT2D eigenvalue weighted by Crippen LogP contribution is 2.26. The van der Waals surface area contributed by atoms with E-state index in [0.29, 0.717) is 26.4 Å². The fourth-order valence-corrected chi connectivity index (χ4v) is 3.27. The van der Waals surface area contributed by atoms with Crippen LogP contribution in [0.4, 0.5) is 5.69 Å². The van der Waals surface area contributed by atoms with Crippen LogP contribution < -0.4 is 14.4 Å². The highest BCUT2D eigenvalue weighted by molar-refractivity contribution is 7.89. The molecule has 0 aliphatic carbocycles. The lowest BCUT2D eigenvalue weighted by molar-refractivity contribution is 0.122. The average molecular weight is 315 g/mol. The predicted octanol–water partition coefficient (Wildman–Crippen LogP) is 0.615. The van der Waals surface area contributed by atoms with Gasteiger partial charge in [0.25, 0.3) is 0 Å². The van der Waals surface area contributed by atoms with Crippen molar-refractivity contribution in [3.8, 4) is 5.88 Å². The fraction of sp³-hybridized carbons (Fsp3) is 0.615. The Morgan fingerprint density at radius 1 is 1.38 bits per heavy atom. The van der Waals surface area contributed by atoms with Crippen LogP contribution in [-0.2, 0) is 14.8 Å². The number of hydrogen-bond donors (Lipinski definition) is 1. The number of sulfonamides is 1. The molecule has 0 atom stereocenters. The number of ether oxygens (including phenoxy) is 2. The van der Waals surface area contributed by atoms with Crippen LogP contribution in [0.25, 0.3) is 0 Å². The molecule has 1 fully saturated rings. The molecule has 8 heteroatoms. The molecule has 1 saturated heterocycles. The van der Waals surface area contributed by atoms with Crippen molar-refractivity contribution >= 4 is 15.7 Å². The minimum atomic E-state index is -3.62. The van der Waals surface area contributed by atoms with Crippen LogP contribution in [0.3, 0.4) is 0 Å². The van der Waals surface area contributed by atoms with Crippen molar-refractivity contribution in [3.63, 3.8) is 0 Å². The van der Waals surface area contributed by atoms with Crippen LogP contribution >= 0.6 is 0 Å². The standard InChI is InChI=1S/C13H21N3O4S/c1-3-15-21(17,18)12-9-11(10-14-13(12)20-4-2)16-5-7-19-8-6-16/h9-10,15H,3-8H2,1-2H3. The van der Waals surface area contributed by atoms with Crippen molar-refractivity contribution in [2.75, 3.05) is 44.4 Å². The van der Waals surface area contributed by atoms with Crippen molar-refractivity contribution in [1.29, 1.82) is 0 Å². The number of pyridine rings is 1. The Bertz CT molecular complexity index is 571. The molecule has 0 unspecified atom stereocenters. The molecule has 0 saturated carbocycles. The van der Waals surface area contributed by atoms with E-state index in [9.17, 15) is 8.42 Å². The van der Waals surface area contributed by atoms with Gasteiger partial charge >= 0.3 is 0 Å². The van der Waals surface area contributed by atoms with E-state index in [1.807, 2.05) is 0 Å². The second-order valence-electron chi connectivity index (χ2n) is 4.53. The SMILES string of the molecule is CCNS(=O)(=O)c1cc(N2CCOCC2)cnc1OCC. The van der Waals surface area contributed by atoms with Crippen molar-refractivity contribution in [1.82, 2.24) is 9.71 Å². The summed E-state index contributed by atoms with van der Waals surface area (Å²) in [6.07, 6.45) is 1.64. The van der Waals surface area contributed by atoms with Gasteiger partial charge in [-0.2, -0.15) is 0 Å². The predicted molar refractivity (Wildman–Crippen MR) is 79.3 cm³/mol. The molecule has 118 valence electrons. The van der Waals surface area contributed by atoms with E-state index in [4.69, 9.17) is 9.47 Å². The molecule has 1 aliphatic heterocycles. The topological polar surface area (TPSA) is 80.8 Å². The Morgan fingerprint density at radius 2 is 2.10 bits per heavy atom. The van der Waals surface area contributed by atoms with Gasteiger partial charge in [0.1, 0.15) is 4.90 Å². The smallest absolute Gasteiger partial charge is 0.246 e. The molecule has 21 heavy (non-hydrogen) atoms. The molecule has 7 nitrogen and oxygen atoms in total. The first kappa shape index (κ1) is 16.0. The van der Waals surface area contributed by atoms with Crippen LogP contribution in [0.2, 0.25) is 0 Å². The summed E-state index contributed by atoms with van der Waals surface area (Å²) in [5, 5.41) is 0. The zero-order valence-corrected chi connectivity index (χ0v) is 13.1. The van der Waals surface area contributed by atoms with Gasteiger partial charge in [0.05, 0.1) is 31.7 Å². The Morgan fingerprint density at radius 3 is 2.71 bits per heavy atom. The number of anilines is 1. The van der Waals surface area contributed by atoms with Gasteiger partial charge in [-0.05, 0) is 13.0 Å². The van der Waals surface area contributed by atoms with Gasteiger partial charge in [-0.1, -0.05) is 6.92 Å². The normalized spacial score (nSPS) is 16.0. The molecule has 1 N–H and O–H groups in total. The molecule has 0 spiro atoms. The third kappa shape index (κ3) is 3.84. The van der Waals surface area contributed by atoms with Gasteiger partial charge in [-0.25, -0.2) is 18.1 Å². The van der Waals surface area contributed by atoms with Crippen molar-refractivity contribution in [2.45, 2.75) is 18.7 Å². The first-order chi connectivity index (χ1) is 10.1.